The van der Waals surface area contributed by atoms with Gasteiger partial charge in [-0.3, -0.25) is 9.59 Å². The monoisotopic (exact) mass is 314 g/mol. The lowest BCUT2D eigenvalue weighted by molar-refractivity contribution is -0.116. The van der Waals surface area contributed by atoms with Gasteiger partial charge in [-0.2, -0.15) is 0 Å². The van der Waals surface area contributed by atoms with E-state index in [-0.39, 0.29) is 22.4 Å². The Balaban J connectivity index is 0.000000313. The minimum Gasteiger partial charge on any atom is -0.508 e. The van der Waals surface area contributed by atoms with Crippen LogP contribution in [0.5, 0.6) is 5.75 Å². The Bertz CT molecular complexity index is 598. The maximum Gasteiger partial charge on any atom is 0.182 e. The Morgan fingerprint density at radius 2 is 1.04 bits per heavy atom. The molecule has 0 amide bonds. The fourth-order valence-electron chi connectivity index (χ4n) is 2.48. The van der Waals surface area contributed by atoms with Crippen LogP contribution in [-0.2, 0) is 9.59 Å². The van der Waals surface area contributed by atoms with Crippen molar-refractivity contribution in [2.45, 2.75) is 41.5 Å². The van der Waals surface area contributed by atoms with Gasteiger partial charge in [-0.25, -0.2) is 0 Å². The molecule has 0 heterocycles. The molecule has 0 saturated heterocycles. The molecule has 1 aromatic carbocycles. The van der Waals surface area contributed by atoms with Crippen LogP contribution in [-0.4, -0.2) is 16.7 Å². The van der Waals surface area contributed by atoms with Gasteiger partial charge in [-0.05, 0) is 35.1 Å². The molecule has 0 spiro atoms. The van der Waals surface area contributed by atoms with Gasteiger partial charge in [0.25, 0.3) is 0 Å². The van der Waals surface area contributed by atoms with Crippen LogP contribution in [0.1, 0.15) is 41.5 Å². The van der Waals surface area contributed by atoms with E-state index >= 15 is 0 Å². The number of carbonyl (C=O) groups is 2. The number of ketones is 2. The van der Waals surface area contributed by atoms with Crippen LogP contribution in [0, 0.1) is 10.8 Å². The summed E-state index contributed by atoms with van der Waals surface area (Å²) < 4.78 is 0. The molecule has 0 fully saturated rings. The SMILES string of the molecule is CC(C)(C)C1=C(C(C)(C)C)C(=O)C=CC1=O.Oc1ccccc1. The number of phenolic OH excluding ortho intramolecular Hbond substituents is 1. The van der Waals surface area contributed by atoms with Crippen LogP contribution < -0.4 is 0 Å². The highest BCUT2D eigenvalue weighted by atomic mass is 16.3. The van der Waals surface area contributed by atoms with Crippen LogP contribution in [0.25, 0.3) is 0 Å². The molecule has 1 aromatic rings. The molecule has 1 aliphatic rings. The summed E-state index contributed by atoms with van der Waals surface area (Å²) in [6.45, 7) is 11.8. The Morgan fingerprint density at radius 3 is 1.26 bits per heavy atom. The average Bonchev–Trinajstić information content (AvgIpc) is 2.40. The van der Waals surface area contributed by atoms with Gasteiger partial charge in [0.1, 0.15) is 5.75 Å². The lowest BCUT2D eigenvalue weighted by atomic mass is 9.70. The number of rotatable bonds is 0. The molecule has 0 unspecified atom stereocenters. The van der Waals surface area contributed by atoms with E-state index in [4.69, 9.17) is 5.11 Å². The third kappa shape index (κ3) is 5.20. The molecule has 3 heteroatoms. The topological polar surface area (TPSA) is 54.4 Å². The van der Waals surface area contributed by atoms with E-state index in [2.05, 4.69) is 0 Å². The number of para-hydroxylation sites is 1. The summed E-state index contributed by atoms with van der Waals surface area (Å²) in [5, 5.41) is 8.63. The van der Waals surface area contributed by atoms with Crippen molar-refractivity contribution in [3.05, 3.63) is 53.6 Å². The van der Waals surface area contributed by atoms with Crippen molar-refractivity contribution in [1.82, 2.24) is 0 Å². The summed E-state index contributed by atoms with van der Waals surface area (Å²) in [5.41, 5.74) is 0.736. The highest BCUT2D eigenvalue weighted by Crippen LogP contribution is 2.39. The van der Waals surface area contributed by atoms with E-state index in [1.54, 1.807) is 24.3 Å². The molecule has 0 radical (unpaired) electrons. The van der Waals surface area contributed by atoms with Crippen LogP contribution in [0.15, 0.2) is 53.6 Å². The summed E-state index contributed by atoms with van der Waals surface area (Å²) in [5.74, 6) is 0.261. The number of allylic oxidation sites excluding steroid dienone is 4. The fraction of sp³-hybridized carbons (Fsp3) is 0.400. The highest BCUT2D eigenvalue weighted by Gasteiger charge is 2.36. The molecule has 0 bridgehead atoms. The molecule has 1 aliphatic carbocycles. The predicted molar refractivity (Wildman–Crippen MR) is 93.2 cm³/mol. The van der Waals surface area contributed by atoms with E-state index in [0.717, 1.165) is 0 Å². The number of hydrogen-bond donors (Lipinski definition) is 1. The first kappa shape index (κ1) is 18.9. The minimum atomic E-state index is -0.292. The lowest BCUT2D eigenvalue weighted by Gasteiger charge is -2.32. The first-order valence-electron chi connectivity index (χ1n) is 7.70. The molecule has 0 saturated carbocycles. The van der Waals surface area contributed by atoms with Gasteiger partial charge in [0.05, 0.1) is 0 Å². The first-order valence-corrected chi connectivity index (χ1v) is 7.70. The zero-order chi connectivity index (χ0) is 17.8. The second kappa shape index (κ2) is 6.95. The smallest absolute Gasteiger partial charge is 0.182 e. The molecular formula is C20H26O3. The van der Waals surface area contributed by atoms with Crippen molar-refractivity contribution in [3.63, 3.8) is 0 Å². The molecule has 1 N–H and O–H groups in total. The van der Waals surface area contributed by atoms with Gasteiger partial charge in [-0.1, -0.05) is 59.7 Å². The zero-order valence-electron chi connectivity index (χ0n) is 14.8. The third-order valence-corrected chi connectivity index (χ3v) is 3.39. The second-order valence-corrected chi connectivity index (χ2v) is 7.65. The van der Waals surface area contributed by atoms with Crippen molar-refractivity contribution in [1.29, 1.82) is 0 Å². The van der Waals surface area contributed by atoms with Crippen LogP contribution >= 0.6 is 0 Å². The van der Waals surface area contributed by atoms with Crippen LogP contribution in [0.3, 0.4) is 0 Å². The zero-order valence-corrected chi connectivity index (χ0v) is 14.8. The highest BCUT2D eigenvalue weighted by molar-refractivity contribution is 6.21. The Morgan fingerprint density at radius 1 is 0.696 bits per heavy atom. The van der Waals surface area contributed by atoms with Crippen molar-refractivity contribution >= 4 is 11.6 Å². The maximum absolute atomic E-state index is 11.9. The van der Waals surface area contributed by atoms with Gasteiger partial charge in [0.2, 0.25) is 0 Å². The molecule has 3 nitrogen and oxygen atoms in total. The van der Waals surface area contributed by atoms with Crippen molar-refractivity contribution in [3.8, 4) is 5.75 Å². The summed E-state index contributed by atoms with van der Waals surface area (Å²) in [4.78, 5) is 23.9. The summed E-state index contributed by atoms with van der Waals surface area (Å²) in [6.07, 6.45) is 2.77. The molecular weight excluding hydrogens is 288 g/mol. The van der Waals surface area contributed by atoms with Gasteiger partial charge in [0, 0.05) is 11.1 Å². The standard InChI is InChI=1S/C14H20O2.C6H6O/c1-13(2,3)11-9(15)7-8-10(16)12(11)14(4,5)6;7-6-4-2-1-3-5-6/h7-8H,1-6H3;1-5,7H. The van der Waals surface area contributed by atoms with Gasteiger partial charge in [0.15, 0.2) is 11.6 Å². The van der Waals surface area contributed by atoms with E-state index in [1.165, 1.54) is 12.2 Å². The third-order valence-electron chi connectivity index (χ3n) is 3.39. The molecule has 0 aliphatic heterocycles. The van der Waals surface area contributed by atoms with Crippen molar-refractivity contribution < 1.29 is 14.7 Å². The van der Waals surface area contributed by atoms with Gasteiger partial charge in [-0.15, -0.1) is 0 Å². The number of benzene rings is 1. The van der Waals surface area contributed by atoms with E-state index < -0.39 is 0 Å². The van der Waals surface area contributed by atoms with Gasteiger partial charge < -0.3 is 5.11 Å². The number of hydrogen-bond acceptors (Lipinski definition) is 3. The number of phenols is 1. The Labute approximate surface area is 138 Å². The fourth-order valence-corrected chi connectivity index (χ4v) is 2.48. The average molecular weight is 314 g/mol. The van der Waals surface area contributed by atoms with E-state index in [0.29, 0.717) is 16.9 Å². The van der Waals surface area contributed by atoms with Crippen molar-refractivity contribution in [2.75, 3.05) is 0 Å². The maximum atomic E-state index is 11.9. The first-order chi connectivity index (χ1) is 10.4. The molecule has 124 valence electrons. The number of aromatic hydroxyl groups is 1. The minimum absolute atomic E-state index is 0.0305. The summed E-state index contributed by atoms with van der Waals surface area (Å²) >= 11 is 0. The second-order valence-electron chi connectivity index (χ2n) is 7.65. The Hall–Kier alpha value is -2.16. The molecule has 2 rings (SSSR count). The largest absolute Gasteiger partial charge is 0.508 e. The summed E-state index contributed by atoms with van der Waals surface area (Å²) in [6, 6.07) is 8.71. The van der Waals surface area contributed by atoms with E-state index in [1.807, 2.05) is 47.6 Å². The molecule has 0 atom stereocenters. The number of carbonyl (C=O) groups excluding carboxylic acids is 2. The summed E-state index contributed by atoms with van der Waals surface area (Å²) in [7, 11) is 0. The molecule has 0 aromatic heterocycles. The van der Waals surface area contributed by atoms with Crippen LogP contribution in [0.4, 0.5) is 0 Å². The normalized spacial score (nSPS) is 15.4. The van der Waals surface area contributed by atoms with Crippen LogP contribution in [0.2, 0.25) is 0 Å². The van der Waals surface area contributed by atoms with Gasteiger partial charge >= 0.3 is 0 Å². The molecule has 23 heavy (non-hydrogen) atoms. The quantitative estimate of drug-likeness (QED) is 0.719. The predicted octanol–water partition coefficient (Wildman–Crippen LogP) is 4.48. The Kier molecular flexibility index (Phi) is 5.70. The van der Waals surface area contributed by atoms with E-state index in [9.17, 15) is 9.59 Å². The lowest BCUT2D eigenvalue weighted by Crippen LogP contribution is -2.30. The van der Waals surface area contributed by atoms with Crippen molar-refractivity contribution in [2.24, 2.45) is 10.8 Å².